The maximum atomic E-state index is 12.8. The predicted molar refractivity (Wildman–Crippen MR) is 104 cm³/mol. The number of piperidine rings is 1. The van der Waals surface area contributed by atoms with E-state index in [0.29, 0.717) is 17.6 Å². The maximum absolute atomic E-state index is 12.8. The number of rotatable bonds is 5. The Labute approximate surface area is 162 Å². The molecule has 26 heavy (non-hydrogen) atoms. The minimum Gasteiger partial charge on any atom is -0.339 e. The van der Waals surface area contributed by atoms with Crippen LogP contribution in [0.2, 0.25) is 0 Å². The van der Waals surface area contributed by atoms with E-state index in [9.17, 15) is 13.2 Å². The molecule has 2 heterocycles. The number of nitrogens with zero attached hydrogens (tertiary/aromatic N) is 1. The summed E-state index contributed by atoms with van der Waals surface area (Å²) in [5.41, 5.74) is 0.525. The van der Waals surface area contributed by atoms with E-state index in [4.69, 9.17) is 0 Å². The average Bonchev–Trinajstić information content (AvgIpc) is 2.90. The van der Waals surface area contributed by atoms with Crippen molar-refractivity contribution in [1.29, 1.82) is 0 Å². The van der Waals surface area contributed by atoms with Crippen molar-refractivity contribution in [3.63, 3.8) is 0 Å². The van der Waals surface area contributed by atoms with E-state index >= 15 is 0 Å². The van der Waals surface area contributed by atoms with Crippen LogP contribution in [0.4, 0.5) is 0 Å². The molecule has 2 unspecified atom stereocenters. The lowest BCUT2D eigenvalue weighted by molar-refractivity contribution is 0.0681. The maximum Gasteiger partial charge on any atom is 0.253 e. The van der Waals surface area contributed by atoms with Gasteiger partial charge in [0.1, 0.15) is 0 Å². The van der Waals surface area contributed by atoms with Crippen molar-refractivity contribution in [3.05, 3.63) is 29.8 Å². The van der Waals surface area contributed by atoms with Gasteiger partial charge >= 0.3 is 0 Å². The number of benzene rings is 1. The summed E-state index contributed by atoms with van der Waals surface area (Å²) in [6.45, 7) is 3.55. The third kappa shape index (κ3) is 4.57. The predicted octanol–water partition coefficient (Wildman–Crippen LogP) is 2.15. The highest BCUT2D eigenvalue weighted by Gasteiger charge is 2.36. The second-order valence-electron chi connectivity index (χ2n) is 7.48. The van der Waals surface area contributed by atoms with Crippen molar-refractivity contribution in [2.75, 3.05) is 7.05 Å². The van der Waals surface area contributed by atoms with Crippen LogP contribution >= 0.6 is 12.4 Å². The zero-order valence-electron chi connectivity index (χ0n) is 15.4. The molecule has 1 aromatic carbocycles. The van der Waals surface area contributed by atoms with E-state index < -0.39 is 10.0 Å². The van der Waals surface area contributed by atoms with Gasteiger partial charge in [0.2, 0.25) is 10.0 Å². The van der Waals surface area contributed by atoms with Gasteiger partial charge in [-0.15, -0.1) is 12.4 Å². The minimum absolute atomic E-state index is 0. The SMILES string of the molecule is CC(C)NS(=O)(=O)c1ccc(C(=O)N(C)C2CC3CCC(C2)N3)cc1.Cl. The van der Waals surface area contributed by atoms with Gasteiger partial charge in [0.05, 0.1) is 4.90 Å². The summed E-state index contributed by atoms with van der Waals surface area (Å²) >= 11 is 0. The highest BCUT2D eigenvalue weighted by molar-refractivity contribution is 7.89. The smallest absolute Gasteiger partial charge is 0.253 e. The molecule has 2 atom stereocenters. The summed E-state index contributed by atoms with van der Waals surface area (Å²) in [6.07, 6.45) is 4.37. The van der Waals surface area contributed by atoms with Gasteiger partial charge < -0.3 is 10.2 Å². The highest BCUT2D eigenvalue weighted by Crippen LogP contribution is 2.29. The molecular formula is C18H28ClN3O3S. The topological polar surface area (TPSA) is 78.5 Å². The molecule has 0 aliphatic carbocycles. The number of hydrogen-bond acceptors (Lipinski definition) is 4. The summed E-state index contributed by atoms with van der Waals surface area (Å²) in [4.78, 5) is 14.8. The number of halogens is 1. The summed E-state index contributed by atoms with van der Waals surface area (Å²) < 4.78 is 26.9. The molecule has 1 amide bonds. The van der Waals surface area contributed by atoms with Crippen molar-refractivity contribution in [2.24, 2.45) is 0 Å². The Bertz CT molecular complexity index is 725. The normalized spacial score (nSPS) is 25.0. The third-order valence-electron chi connectivity index (χ3n) is 5.12. The number of fused-ring (bicyclic) bond motifs is 2. The molecule has 1 aromatic rings. The Hall–Kier alpha value is -1.15. The lowest BCUT2D eigenvalue weighted by atomic mass is 9.98. The molecule has 0 radical (unpaired) electrons. The van der Waals surface area contributed by atoms with E-state index in [0.717, 1.165) is 12.8 Å². The van der Waals surface area contributed by atoms with Crippen molar-refractivity contribution >= 4 is 28.3 Å². The third-order valence-corrected chi connectivity index (χ3v) is 6.79. The zero-order chi connectivity index (χ0) is 18.2. The highest BCUT2D eigenvalue weighted by atomic mass is 35.5. The summed E-state index contributed by atoms with van der Waals surface area (Å²) in [6, 6.07) is 7.31. The fourth-order valence-corrected chi connectivity index (χ4v) is 5.12. The molecule has 2 aliphatic heterocycles. The Balaban J connectivity index is 0.00000243. The van der Waals surface area contributed by atoms with Crippen LogP contribution in [0.5, 0.6) is 0 Å². The monoisotopic (exact) mass is 401 g/mol. The second kappa shape index (κ2) is 8.25. The van der Waals surface area contributed by atoms with Gasteiger partial charge in [-0.05, 0) is 63.8 Å². The van der Waals surface area contributed by atoms with Crippen LogP contribution in [0, 0.1) is 0 Å². The van der Waals surface area contributed by atoms with Crippen LogP contribution in [0.1, 0.15) is 49.9 Å². The van der Waals surface area contributed by atoms with Gasteiger partial charge in [0.25, 0.3) is 5.91 Å². The Morgan fingerprint density at radius 3 is 2.19 bits per heavy atom. The molecule has 2 bridgehead atoms. The van der Waals surface area contributed by atoms with Gasteiger partial charge in [-0.1, -0.05) is 0 Å². The average molecular weight is 402 g/mol. The Morgan fingerprint density at radius 1 is 1.15 bits per heavy atom. The van der Waals surface area contributed by atoms with Crippen LogP contribution in [0.25, 0.3) is 0 Å². The fourth-order valence-electron chi connectivity index (χ4n) is 3.87. The molecular weight excluding hydrogens is 374 g/mol. The first-order chi connectivity index (χ1) is 11.8. The molecule has 8 heteroatoms. The Kier molecular flexibility index (Phi) is 6.71. The zero-order valence-corrected chi connectivity index (χ0v) is 17.1. The molecule has 2 saturated heterocycles. The van der Waals surface area contributed by atoms with E-state index in [1.807, 2.05) is 11.9 Å². The quantitative estimate of drug-likeness (QED) is 0.792. The molecule has 0 spiro atoms. The van der Waals surface area contributed by atoms with Crippen molar-refractivity contribution < 1.29 is 13.2 Å². The first-order valence-electron chi connectivity index (χ1n) is 8.92. The van der Waals surface area contributed by atoms with Crippen LogP contribution < -0.4 is 10.0 Å². The molecule has 146 valence electrons. The number of hydrogen-bond donors (Lipinski definition) is 2. The largest absolute Gasteiger partial charge is 0.339 e. The molecule has 3 rings (SSSR count). The molecule has 6 nitrogen and oxygen atoms in total. The van der Waals surface area contributed by atoms with Crippen LogP contribution in [0.3, 0.4) is 0 Å². The Morgan fingerprint density at radius 2 is 1.69 bits per heavy atom. The first kappa shape index (κ1) is 21.2. The van der Waals surface area contributed by atoms with Gasteiger partial charge in [0, 0.05) is 36.8 Å². The number of nitrogens with one attached hydrogen (secondary N) is 2. The van der Waals surface area contributed by atoms with Gasteiger partial charge in [0.15, 0.2) is 0 Å². The fraction of sp³-hybridized carbons (Fsp3) is 0.611. The molecule has 0 saturated carbocycles. The van der Waals surface area contributed by atoms with Crippen LogP contribution in [0.15, 0.2) is 29.2 Å². The van der Waals surface area contributed by atoms with E-state index in [1.165, 1.54) is 25.0 Å². The summed E-state index contributed by atoms with van der Waals surface area (Å²) in [7, 11) is -1.68. The molecule has 2 aliphatic rings. The van der Waals surface area contributed by atoms with Crippen molar-refractivity contribution in [1.82, 2.24) is 14.9 Å². The number of carbonyl (C=O) groups excluding carboxylic acids is 1. The summed E-state index contributed by atoms with van der Waals surface area (Å²) in [5, 5.41) is 3.58. The number of sulfonamides is 1. The van der Waals surface area contributed by atoms with E-state index in [1.54, 1.807) is 26.0 Å². The minimum atomic E-state index is -3.53. The van der Waals surface area contributed by atoms with Gasteiger partial charge in [-0.3, -0.25) is 4.79 Å². The number of carbonyl (C=O) groups is 1. The molecule has 2 N–H and O–H groups in total. The number of amides is 1. The first-order valence-corrected chi connectivity index (χ1v) is 10.4. The van der Waals surface area contributed by atoms with Gasteiger partial charge in [-0.2, -0.15) is 0 Å². The van der Waals surface area contributed by atoms with Crippen molar-refractivity contribution in [3.8, 4) is 0 Å². The van der Waals surface area contributed by atoms with Crippen LogP contribution in [-0.2, 0) is 10.0 Å². The van der Waals surface area contributed by atoms with Crippen molar-refractivity contribution in [2.45, 2.75) is 68.6 Å². The van der Waals surface area contributed by atoms with E-state index in [2.05, 4.69) is 10.0 Å². The standard InChI is InChI=1S/C18H27N3O3S.ClH/c1-12(2)20-25(23,24)17-8-4-13(5-9-17)18(22)21(3)16-10-14-6-7-15(11-16)19-14;/h4-5,8-9,12,14-16,19-20H,6-7,10-11H2,1-3H3;1H. The second-order valence-corrected chi connectivity index (χ2v) is 9.19. The van der Waals surface area contributed by atoms with Crippen LogP contribution in [-0.4, -0.2) is 50.4 Å². The summed E-state index contributed by atoms with van der Waals surface area (Å²) in [5.74, 6) is -0.0490. The van der Waals surface area contributed by atoms with E-state index in [-0.39, 0.29) is 35.3 Å². The lowest BCUT2D eigenvalue weighted by Crippen LogP contribution is -2.48. The lowest BCUT2D eigenvalue weighted by Gasteiger charge is -2.35. The molecule has 2 fully saturated rings. The molecule has 0 aromatic heterocycles. The van der Waals surface area contributed by atoms with Gasteiger partial charge in [-0.25, -0.2) is 13.1 Å².